The van der Waals surface area contributed by atoms with Crippen LogP contribution in [0.15, 0.2) is 24.3 Å². The van der Waals surface area contributed by atoms with E-state index in [1.807, 2.05) is 12.1 Å². The third-order valence-electron chi connectivity index (χ3n) is 5.10. The van der Waals surface area contributed by atoms with Crippen LogP contribution in [0.2, 0.25) is 0 Å². The topological polar surface area (TPSA) is 32.3 Å². The Balaban J connectivity index is 1.67. The normalized spacial score (nSPS) is 26.0. The van der Waals surface area contributed by atoms with Crippen molar-refractivity contribution in [2.24, 2.45) is 5.92 Å². The molecule has 3 nitrogen and oxygen atoms in total. The van der Waals surface area contributed by atoms with Crippen LogP contribution in [0.25, 0.3) is 0 Å². The number of rotatable bonds is 3. The monoisotopic (exact) mass is 286 g/mol. The molecule has 2 unspecified atom stereocenters. The summed E-state index contributed by atoms with van der Waals surface area (Å²) in [5, 5.41) is 3.49. The van der Waals surface area contributed by atoms with Gasteiger partial charge in [-0.1, -0.05) is 24.3 Å². The van der Waals surface area contributed by atoms with Crippen LogP contribution in [0.5, 0.6) is 0 Å². The number of hydrogen-bond donors (Lipinski definition) is 1. The van der Waals surface area contributed by atoms with Crippen LogP contribution in [0, 0.1) is 12.8 Å². The number of hydrogen-bond acceptors (Lipinski definition) is 2. The molecule has 0 aliphatic carbocycles. The first-order chi connectivity index (χ1) is 10.3. The summed E-state index contributed by atoms with van der Waals surface area (Å²) in [4.78, 5) is 14.9. The summed E-state index contributed by atoms with van der Waals surface area (Å²) < 4.78 is 0. The van der Waals surface area contributed by atoms with E-state index in [0.29, 0.717) is 24.3 Å². The minimum absolute atomic E-state index is 0.317. The third kappa shape index (κ3) is 3.29. The molecule has 2 atom stereocenters. The van der Waals surface area contributed by atoms with Gasteiger partial charge in [0.15, 0.2) is 0 Å². The number of carbonyl (C=O) groups excluding carboxylic acids is 1. The van der Waals surface area contributed by atoms with Gasteiger partial charge in [0.05, 0.1) is 6.42 Å². The molecule has 1 N–H and O–H groups in total. The maximum atomic E-state index is 12.7. The molecule has 2 aliphatic rings. The van der Waals surface area contributed by atoms with E-state index in [-0.39, 0.29) is 0 Å². The number of carbonyl (C=O) groups is 1. The van der Waals surface area contributed by atoms with E-state index < -0.39 is 0 Å². The molecule has 1 aromatic rings. The summed E-state index contributed by atoms with van der Waals surface area (Å²) in [6.45, 7) is 5.26. The molecule has 21 heavy (non-hydrogen) atoms. The van der Waals surface area contributed by atoms with Gasteiger partial charge in [-0.25, -0.2) is 0 Å². The van der Waals surface area contributed by atoms with Crippen molar-refractivity contribution in [2.75, 3.05) is 19.6 Å². The number of nitrogens with zero attached hydrogens (tertiary/aromatic N) is 1. The molecule has 2 aliphatic heterocycles. The van der Waals surface area contributed by atoms with E-state index in [1.165, 1.54) is 36.8 Å². The van der Waals surface area contributed by atoms with Crippen LogP contribution < -0.4 is 5.32 Å². The van der Waals surface area contributed by atoms with Crippen LogP contribution in [0.3, 0.4) is 0 Å². The lowest BCUT2D eigenvalue weighted by Gasteiger charge is -2.34. The van der Waals surface area contributed by atoms with E-state index >= 15 is 0 Å². The third-order valence-corrected chi connectivity index (χ3v) is 5.10. The second-order valence-corrected chi connectivity index (χ2v) is 6.51. The van der Waals surface area contributed by atoms with Crippen LogP contribution in [-0.4, -0.2) is 36.5 Å². The first-order valence-corrected chi connectivity index (χ1v) is 8.30. The van der Waals surface area contributed by atoms with Gasteiger partial charge in [-0.3, -0.25) is 4.79 Å². The molecule has 0 aromatic heterocycles. The zero-order valence-corrected chi connectivity index (χ0v) is 13.0. The summed E-state index contributed by atoms with van der Waals surface area (Å²) in [6, 6.07) is 8.71. The number of aryl methyl sites for hydroxylation is 1. The molecular formula is C18H26N2O. The molecule has 0 saturated carbocycles. The largest absolute Gasteiger partial charge is 0.339 e. The van der Waals surface area contributed by atoms with Crippen molar-refractivity contribution < 1.29 is 4.79 Å². The zero-order valence-electron chi connectivity index (χ0n) is 13.0. The Kier molecular flexibility index (Phi) is 4.59. The summed E-state index contributed by atoms with van der Waals surface area (Å²) in [5.74, 6) is 0.972. The van der Waals surface area contributed by atoms with Crippen LogP contribution in [0.4, 0.5) is 0 Å². The number of benzene rings is 1. The lowest BCUT2D eigenvalue weighted by molar-refractivity contribution is -0.132. The quantitative estimate of drug-likeness (QED) is 0.926. The van der Waals surface area contributed by atoms with Gasteiger partial charge in [0, 0.05) is 12.6 Å². The highest BCUT2D eigenvalue weighted by Gasteiger charge is 2.34. The summed E-state index contributed by atoms with van der Waals surface area (Å²) in [5.41, 5.74) is 2.40. The first kappa shape index (κ1) is 14.6. The maximum absolute atomic E-state index is 12.7. The average Bonchev–Trinajstić information content (AvgIpc) is 3.00. The van der Waals surface area contributed by atoms with E-state index in [9.17, 15) is 4.79 Å². The predicted octanol–water partition coefficient (Wildman–Crippen LogP) is 2.53. The van der Waals surface area contributed by atoms with Crippen LogP contribution in [0.1, 0.15) is 36.8 Å². The SMILES string of the molecule is Cc1ccccc1CC(=O)N1CCCC1C1CCCNC1. The Labute approximate surface area is 127 Å². The smallest absolute Gasteiger partial charge is 0.227 e. The molecule has 114 valence electrons. The predicted molar refractivity (Wildman–Crippen MR) is 85.2 cm³/mol. The number of nitrogens with one attached hydrogen (secondary N) is 1. The molecule has 0 bridgehead atoms. The van der Waals surface area contributed by atoms with Gasteiger partial charge in [0.25, 0.3) is 0 Å². The van der Waals surface area contributed by atoms with Crippen LogP contribution in [-0.2, 0) is 11.2 Å². The molecule has 2 saturated heterocycles. The van der Waals surface area contributed by atoms with E-state index in [0.717, 1.165) is 19.6 Å². The van der Waals surface area contributed by atoms with Gasteiger partial charge in [0.1, 0.15) is 0 Å². The maximum Gasteiger partial charge on any atom is 0.227 e. The Morgan fingerprint density at radius 2 is 2.14 bits per heavy atom. The Hall–Kier alpha value is -1.35. The fourth-order valence-corrected chi connectivity index (χ4v) is 3.87. The molecule has 1 amide bonds. The van der Waals surface area contributed by atoms with Crippen molar-refractivity contribution in [3.8, 4) is 0 Å². The summed E-state index contributed by atoms with van der Waals surface area (Å²) in [6.07, 6.45) is 5.43. The fourth-order valence-electron chi connectivity index (χ4n) is 3.87. The molecule has 0 spiro atoms. The molecular weight excluding hydrogens is 260 g/mol. The molecule has 2 fully saturated rings. The van der Waals surface area contributed by atoms with Gasteiger partial charge in [-0.05, 0) is 62.7 Å². The Bertz CT molecular complexity index is 494. The summed E-state index contributed by atoms with van der Waals surface area (Å²) >= 11 is 0. The zero-order chi connectivity index (χ0) is 14.7. The fraction of sp³-hybridized carbons (Fsp3) is 0.611. The minimum Gasteiger partial charge on any atom is -0.339 e. The number of likely N-dealkylation sites (tertiary alicyclic amines) is 1. The van der Waals surface area contributed by atoms with Crippen molar-refractivity contribution in [1.82, 2.24) is 10.2 Å². The van der Waals surface area contributed by atoms with Crippen molar-refractivity contribution in [3.05, 3.63) is 35.4 Å². The van der Waals surface area contributed by atoms with Gasteiger partial charge >= 0.3 is 0 Å². The number of piperidine rings is 1. The Morgan fingerprint density at radius 3 is 2.90 bits per heavy atom. The molecule has 0 radical (unpaired) electrons. The lowest BCUT2D eigenvalue weighted by Crippen LogP contribution is -2.46. The van der Waals surface area contributed by atoms with E-state index in [4.69, 9.17) is 0 Å². The first-order valence-electron chi connectivity index (χ1n) is 8.30. The average molecular weight is 286 g/mol. The highest BCUT2D eigenvalue weighted by atomic mass is 16.2. The van der Waals surface area contributed by atoms with Crippen molar-refractivity contribution in [3.63, 3.8) is 0 Å². The highest BCUT2D eigenvalue weighted by Crippen LogP contribution is 2.29. The molecule has 3 heteroatoms. The number of amides is 1. The van der Waals surface area contributed by atoms with Crippen molar-refractivity contribution in [2.45, 2.75) is 45.1 Å². The van der Waals surface area contributed by atoms with E-state index in [1.54, 1.807) is 0 Å². The van der Waals surface area contributed by atoms with Crippen LogP contribution >= 0.6 is 0 Å². The summed E-state index contributed by atoms with van der Waals surface area (Å²) in [7, 11) is 0. The van der Waals surface area contributed by atoms with Gasteiger partial charge in [-0.15, -0.1) is 0 Å². The molecule has 1 aromatic carbocycles. The van der Waals surface area contributed by atoms with Crippen molar-refractivity contribution >= 4 is 5.91 Å². The molecule has 2 heterocycles. The van der Waals surface area contributed by atoms with Crippen molar-refractivity contribution in [1.29, 1.82) is 0 Å². The second kappa shape index (κ2) is 6.61. The lowest BCUT2D eigenvalue weighted by atomic mass is 9.90. The highest BCUT2D eigenvalue weighted by molar-refractivity contribution is 5.79. The van der Waals surface area contributed by atoms with Gasteiger partial charge < -0.3 is 10.2 Å². The second-order valence-electron chi connectivity index (χ2n) is 6.51. The molecule has 3 rings (SSSR count). The van der Waals surface area contributed by atoms with E-state index in [2.05, 4.69) is 29.3 Å². The van der Waals surface area contributed by atoms with Gasteiger partial charge in [0.2, 0.25) is 5.91 Å². The van der Waals surface area contributed by atoms with Gasteiger partial charge in [-0.2, -0.15) is 0 Å². The standard InChI is InChI=1S/C18H26N2O/c1-14-6-2-3-7-15(14)12-18(21)20-11-5-9-17(20)16-8-4-10-19-13-16/h2-3,6-7,16-17,19H,4-5,8-13H2,1H3. The minimum atomic E-state index is 0.317. The Morgan fingerprint density at radius 1 is 1.29 bits per heavy atom.